The molecule has 0 N–H and O–H groups in total. The average Bonchev–Trinajstić information content (AvgIpc) is 3.17. The first kappa shape index (κ1) is 13.2. The van der Waals surface area contributed by atoms with Gasteiger partial charge >= 0.3 is 0 Å². The molecule has 6 nitrogen and oxygen atoms in total. The Kier molecular flexibility index (Phi) is 3.41. The molecule has 4 rings (SSSR count). The predicted molar refractivity (Wildman–Crippen MR) is 75.4 cm³/mol. The Morgan fingerprint density at radius 3 is 3.05 bits per heavy atom. The molecule has 0 bridgehead atoms. The molecule has 2 atom stereocenters. The Balaban J connectivity index is 1.44. The minimum absolute atomic E-state index is 0.137. The molecule has 1 amide bonds. The maximum absolute atomic E-state index is 12.5. The van der Waals surface area contributed by atoms with E-state index in [2.05, 4.69) is 10.3 Å². The van der Waals surface area contributed by atoms with E-state index in [0.717, 1.165) is 25.1 Å². The van der Waals surface area contributed by atoms with Crippen LogP contribution in [-0.2, 0) is 16.1 Å². The Labute approximate surface area is 124 Å². The number of likely N-dealkylation sites (tertiary alicyclic amines) is 1. The highest BCUT2D eigenvalue weighted by Crippen LogP contribution is 2.32. The molecule has 0 unspecified atom stereocenters. The normalized spacial score (nSPS) is 29.2. The summed E-state index contributed by atoms with van der Waals surface area (Å²) >= 11 is 0. The van der Waals surface area contributed by atoms with Crippen molar-refractivity contribution in [2.45, 2.75) is 57.3 Å². The zero-order chi connectivity index (χ0) is 14.2. The lowest BCUT2D eigenvalue weighted by atomic mass is 9.98. The van der Waals surface area contributed by atoms with Crippen molar-refractivity contribution in [1.29, 1.82) is 0 Å². The number of rotatable bonds is 2. The van der Waals surface area contributed by atoms with Crippen molar-refractivity contribution < 1.29 is 9.53 Å². The number of ether oxygens (including phenoxy) is 1. The van der Waals surface area contributed by atoms with Crippen LogP contribution in [0.5, 0.6) is 0 Å². The molecule has 21 heavy (non-hydrogen) atoms. The number of hydrogen-bond acceptors (Lipinski definition) is 4. The number of hydrogen-bond donors (Lipinski definition) is 0. The van der Waals surface area contributed by atoms with Crippen molar-refractivity contribution in [1.82, 2.24) is 19.9 Å². The summed E-state index contributed by atoms with van der Waals surface area (Å²) in [7, 11) is 0. The van der Waals surface area contributed by atoms with Gasteiger partial charge in [0.1, 0.15) is 0 Å². The lowest BCUT2D eigenvalue weighted by molar-refractivity contribution is -0.139. The average molecular weight is 290 g/mol. The fourth-order valence-electron chi connectivity index (χ4n) is 4.00. The molecule has 6 heteroatoms. The van der Waals surface area contributed by atoms with Crippen molar-refractivity contribution in [2.24, 2.45) is 5.92 Å². The second-order valence-electron chi connectivity index (χ2n) is 6.57. The highest BCUT2D eigenvalue weighted by atomic mass is 16.5. The molecule has 0 radical (unpaired) electrons. The third-order valence-corrected chi connectivity index (χ3v) is 5.22. The molecule has 3 heterocycles. The largest absolute Gasteiger partial charge is 0.370 e. The van der Waals surface area contributed by atoms with E-state index in [9.17, 15) is 4.79 Å². The maximum Gasteiger partial charge on any atom is 0.222 e. The Bertz CT molecular complexity index is 523. The van der Waals surface area contributed by atoms with E-state index in [1.54, 1.807) is 6.20 Å². The molecule has 0 spiro atoms. The van der Waals surface area contributed by atoms with E-state index in [4.69, 9.17) is 4.74 Å². The van der Waals surface area contributed by atoms with Crippen molar-refractivity contribution in [3.8, 4) is 0 Å². The van der Waals surface area contributed by atoms with Crippen molar-refractivity contribution in [2.75, 3.05) is 13.1 Å². The molecule has 1 aliphatic carbocycles. The number of carbonyl (C=O) groups excluding carboxylic acids is 1. The molecule has 1 aromatic heterocycles. The third-order valence-electron chi connectivity index (χ3n) is 5.22. The maximum atomic E-state index is 12.5. The van der Waals surface area contributed by atoms with E-state index in [0.29, 0.717) is 25.0 Å². The van der Waals surface area contributed by atoms with Crippen LogP contribution >= 0.6 is 0 Å². The molecule has 0 aromatic carbocycles. The molecule has 2 aliphatic heterocycles. The summed E-state index contributed by atoms with van der Waals surface area (Å²) in [4.78, 5) is 14.5. The lowest BCUT2D eigenvalue weighted by Crippen LogP contribution is -2.50. The zero-order valence-corrected chi connectivity index (χ0v) is 12.3. The van der Waals surface area contributed by atoms with Gasteiger partial charge in [0.15, 0.2) is 0 Å². The number of aromatic nitrogens is 3. The van der Waals surface area contributed by atoms with Crippen LogP contribution in [0.3, 0.4) is 0 Å². The second-order valence-corrected chi connectivity index (χ2v) is 6.57. The highest BCUT2D eigenvalue weighted by Gasteiger charge is 2.38. The van der Waals surface area contributed by atoms with Gasteiger partial charge in [0.05, 0.1) is 30.6 Å². The first-order chi connectivity index (χ1) is 10.3. The fraction of sp³-hybridized carbons (Fsp3) is 0.800. The molecular weight excluding hydrogens is 268 g/mol. The molecule has 1 saturated carbocycles. The van der Waals surface area contributed by atoms with E-state index in [1.807, 2.05) is 9.58 Å². The fourth-order valence-corrected chi connectivity index (χ4v) is 4.00. The van der Waals surface area contributed by atoms with Crippen LogP contribution in [-0.4, -0.2) is 45.0 Å². The molecule has 3 aliphatic rings. The summed E-state index contributed by atoms with van der Waals surface area (Å²) in [6.07, 6.45) is 8.59. The monoisotopic (exact) mass is 290 g/mol. The smallest absolute Gasteiger partial charge is 0.222 e. The summed E-state index contributed by atoms with van der Waals surface area (Å²) in [5.41, 5.74) is 1.02. The van der Waals surface area contributed by atoms with E-state index >= 15 is 0 Å². The van der Waals surface area contributed by atoms with Crippen LogP contribution in [0.15, 0.2) is 6.20 Å². The third kappa shape index (κ3) is 2.46. The van der Waals surface area contributed by atoms with Crippen LogP contribution < -0.4 is 0 Å². The molecule has 1 saturated heterocycles. The minimum atomic E-state index is 0.137. The minimum Gasteiger partial charge on any atom is -0.370 e. The van der Waals surface area contributed by atoms with Gasteiger partial charge in [-0.3, -0.25) is 4.79 Å². The van der Waals surface area contributed by atoms with Gasteiger partial charge in [0, 0.05) is 19.5 Å². The van der Waals surface area contributed by atoms with Crippen LogP contribution in [0.4, 0.5) is 0 Å². The van der Waals surface area contributed by atoms with E-state index < -0.39 is 0 Å². The number of fused-ring (bicyclic) bond motifs is 3. The van der Waals surface area contributed by atoms with Crippen LogP contribution in [0.25, 0.3) is 0 Å². The summed E-state index contributed by atoms with van der Waals surface area (Å²) in [6.45, 7) is 2.12. The van der Waals surface area contributed by atoms with Gasteiger partial charge < -0.3 is 9.64 Å². The second kappa shape index (κ2) is 5.40. The van der Waals surface area contributed by atoms with Gasteiger partial charge in [-0.1, -0.05) is 18.1 Å². The van der Waals surface area contributed by atoms with Gasteiger partial charge in [-0.15, -0.1) is 5.10 Å². The van der Waals surface area contributed by atoms with Crippen molar-refractivity contribution in [3.05, 3.63) is 11.9 Å². The Morgan fingerprint density at radius 2 is 2.19 bits per heavy atom. The molecule has 1 aromatic rings. The van der Waals surface area contributed by atoms with Gasteiger partial charge in [0.25, 0.3) is 0 Å². The summed E-state index contributed by atoms with van der Waals surface area (Å²) in [5.74, 6) is 0.923. The highest BCUT2D eigenvalue weighted by molar-refractivity contribution is 5.76. The summed E-state index contributed by atoms with van der Waals surface area (Å²) in [6, 6.07) is 0.137. The quantitative estimate of drug-likeness (QED) is 0.829. The first-order valence-corrected chi connectivity index (χ1v) is 8.09. The number of piperidine rings is 1. The standard InChI is InChI=1S/C15H22N4O2/c20-15(7-11-3-1-2-4-11)18-6-5-14-13(9-18)19-12(10-21-14)8-16-17-19/h8,11,13-14H,1-7,9-10H2/t13-,14-/m1/s1. The Hall–Kier alpha value is -1.43. The van der Waals surface area contributed by atoms with Gasteiger partial charge in [0.2, 0.25) is 5.91 Å². The molecule has 2 fully saturated rings. The van der Waals surface area contributed by atoms with Gasteiger partial charge in [-0.2, -0.15) is 0 Å². The van der Waals surface area contributed by atoms with E-state index in [-0.39, 0.29) is 12.1 Å². The number of amides is 1. The molecular formula is C15H22N4O2. The summed E-state index contributed by atoms with van der Waals surface area (Å²) < 4.78 is 7.85. The van der Waals surface area contributed by atoms with Gasteiger partial charge in [-0.25, -0.2) is 4.68 Å². The summed E-state index contributed by atoms with van der Waals surface area (Å²) in [5, 5.41) is 8.16. The van der Waals surface area contributed by atoms with Crippen LogP contribution in [0.2, 0.25) is 0 Å². The number of carbonyl (C=O) groups is 1. The Morgan fingerprint density at radius 1 is 1.33 bits per heavy atom. The van der Waals surface area contributed by atoms with Crippen molar-refractivity contribution in [3.63, 3.8) is 0 Å². The van der Waals surface area contributed by atoms with Gasteiger partial charge in [-0.05, 0) is 25.2 Å². The predicted octanol–water partition coefficient (Wildman–Crippen LogP) is 1.53. The van der Waals surface area contributed by atoms with E-state index in [1.165, 1.54) is 25.7 Å². The first-order valence-electron chi connectivity index (χ1n) is 8.09. The zero-order valence-electron chi connectivity index (χ0n) is 12.3. The lowest BCUT2D eigenvalue weighted by Gasteiger charge is -2.41. The van der Waals surface area contributed by atoms with Crippen LogP contribution in [0, 0.1) is 5.92 Å². The van der Waals surface area contributed by atoms with Crippen LogP contribution in [0.1, 0.15) is 50.3 Å². The SMILES string of the molecule is O=C(CC1CCCC1)N1CC[C@H]2OCc3cnnn3[C@@H]2C1. The van der Waals surface area contributed by atoms with Crippen molar-refractivity contribution >= 4 is 5.91 Å². The molecule has 114 valence electrons. The topological polar surface area (TPSA) is 60.3 Å². The number of nitrogens with zero attached hydrogens (tertiary/aromatic N) is 4.